The summed E-state index contributed by atoms with van der Waals surface area (Å²) in [5.41, 5.74) is 13.0. The summed E-state index contributed by atoms with van der Waals surface area (Å²) in [6.07, 6.45) is 0. The molecule has 10 aromatic rings. The van der Waals surface area contributed by atoms with Crippen molar-refractivity contribution in [1.29, 1.82) is 0 Å². The van der Waals surface area contributed by atoms with E-state index in [9.17, 15) is 0 Å². The molecule has 0 aliphatic carbocycles. The minimum absolute atomic E-state index is 1.10. The van der Waals surface area contributed by atoms with E-state index < -0.39 is 0 Å². The Balaban J connectivity index is 1.13. The molecule has 1 heterocycles. The van der Waals surface area contributed by atoms with Gasteiger partial charge in [0.2, 0.25) is 0 Å². The predicted octanol–water partition coefficient (Wildman–Crippen LogP) is 15.3. The van der Waals surface area contributed by atoms with Crippen LogP contribution < -0.4 is 4.90 Å². The third-order valence-electron chi connectivity index (χ3n) is 10.5. The van der Waals surface area contributed by atoms with Crippen molar-refractivity contribution in [3.05, 3.63) is 212 Å². The van der Waals surface area contributed by atoms with Gasteiger partial charge in [-0.3, -0.25) is 0 Å². The SMILES string of the molecule is c1ccc(-c2ccc(N(c3cccc(-c4cccc(-c5ccc6ccccc6c5)c4)c3)c3ccccc3-c3cccc4sc5ccccc5c34)cc2)cc1. The monoisotopic (exact) mass is 705 g/mol. The van der Waals surface area contributed by atoms with E-state index in [1.165, 1.54) is 75.5 Å². The smallest absolute Gasteiger partial charge is 0.0540 e. The van der Waals surface area contributed by atoms with Gasteiger partial charge in [0.05, 0.1) is 5.69 Å². The van der Waals surface area contributed by atoms with Gasteiger partial charge in [0.15, 0.2) is 0 Å². The first-order valence-corrected chi connectivity index (χ1v) is 19.2. The highest BCUT2D eigenvalue weighted by Crippen LogP contribution is 2.46. The first-order chi connectivity index (χ1) is 26.8. The third-order valence-corrected chi connectivity index (χ3v) is 11.6. The highest BCUT2D eigenvalue weighted by atomic mass is 32.1. The normalized spacial score (nSPS) is 11.3. The molecule has 0 saturated heterocycles. The van der Waals surface area contributed by atoms with E-state index in [0.29, 0.717) is 0 Å². The zero-order valence-electron chi connectivity index (χ0n) is 29.6. The minimum atomic E-state index is 1.10. The molecule has 0 saturated carbocycles. The van der Waals surface area contributed by atoms with Crippen LogP contribution in [0.15, 0.2) is 212 Å². The number of para-hydroxylation sites is 1. The number of nitrogens with zero attached hydrogens (tertiary/aromatic N) is 1. The summed E-state index contributed by atoms with van der Waals surface area (Å²) in [6, 6.07) is 77.2. The molecule has 2 heteroatoms. The molecule has 1 nitrogen and oxygen atoms in total. The molecule has 0 bridgehead atoms. The fraction of sp³-hybridized carbons (Fsp3) is 0. The average molecular weight is 706 g/mol. The van der Waals surface area contributed by atoms with Crippen LogP contribution >= 0.6 is 11.3 Å². The van der Waals surface area contributed by atoms with E-state index in [1.54, 1.807) is 0 Å². The fourth-order valence-corrected chi connectivity index (χ4v) is 8.96. The Kier molecular flexibility index (Phi) is 8.09. The number of rotatable bonds is 7. The Hall–Kier alpha value is -6.74. The summed E-state index contributed by atoms with van der Waals surface area (Å²) in [5, 5.41) is 5.12. The van der Waals surface area contributed by atoms with Gasteiger partial charge in [-0.05, 0) is 104 Å². The highest BCUT2D eigenvalue weighted by molar-refractivity contribution is 7.25. The molecule has 1 aromatic heterocycles. The standard InChI is InChI=1S/C52H35NS/c1-2-13-36(14-3-1)38-29-31-44(32-30-38)53(49-24-8-6-21-46(49)47-23-12-26-51-52(47)48-22-7-9-25-50(48)54-51)45-20-11-19-42(35-45)40-17-10-18-41(34-40)43-28-27-37-15-4-5-16-39(37)33-43/h1-35H. The summed E-state index contributed by atoms with van der Waals surface area (Å²) in [5.74, 6) is 0. The minimum Gasteiger partial charge on any atom is -0.310 e. The van der Waals surface area contributed by atoms with Gasteiger partial charge >= 0.3 is 0 Å². The summed E-state index contributed by atoms with van der Waals surface area (Å²) >= 11 is 1.86. The van der Waals surface area contributed by atoms with Crippen LogP contribution in [0.4, 0.5) is 17.1 Å². The maximum atomic E-state index is 2.42. The molecule has 0 aliphatic rings. The van der Waals surface area contributed by atoms with Gasteiger partial charge < -0.3 is 4.90 Å². The van der Waals surface area contributed by atoms with Crippen LogP contribution in [0.1, 0.15) is 0 Å². The molecule has 0 amide bonds. The van der Waals surface area contributed by atoms with E-state index >= 15 is 0 Å². The van der Waals surface area contributed by atoms with Crippen LogP contribution in [0.25, 0.3) is 75.5 Å². The molecular formula is C52H35NS. The van der Waals surface area contributed by atoms with Crippen LogP contribution in [-0.4, -0.2) is 0 Å². The molecule has 0 spiro atoms. The van der Waals surface area contributed by atoms with E-state index in [1.807, 2.05) is 11.3 Å². The maximum Gasteiger partial charge on any atom is 0.0540 e. The van der Waals surface area contributed by atoms with E-state index in [0.717, 1.165) is 17.1 Å². The molecular weight excluding hydrogens is 671 g/mol. The van der Waals surface area contributed by atoms with Crippen LogP contribution in [0.5, 0.6) is 0 Å². The van der Waals surface area contributed by atoms with Gasteiger partial charge in [-0.1, -0.05) is 158 Å². The fourth-order valence-electron chi connectivity index (χ4n) is 7.83. The lowest BCUT2D eigenvalue weighted by Gasteiger charge is -2.28. The van der Waals surface area contributed by atoms with Crippen molar-refractivity contribution in [2.45, 2.75) is 0 Å². The first kappa shape index (κ1) is 32.0. The molecule has 0 fully saturated rings. The number of fused-ring (bicyclic) bond motifs is 4. The Morgan fingerprint density at radius 1 is 0.315 bits per heavy atom. The zero-order chi connectivity index (χ0) is 35.8. The van der Waals surface area contributed by atoms with Gasteiger partial charge in [0.1, 0.15) is 0 Å². The molecule has 54 heavy (non-hydrogen) atoms. The van der Waals surface area contributed by atoms with Crippen molar-refractivity contribution < 1.29 is 0 Å². The second-order valence-electron chi connectivity index (χ2n) is 13.7. The quantitative estimate of drug-likeness (QED) is 0.160. The van der Waals surface area contributed by atoms with E-state index in [4.69, 9.17) is 0 Å². The molecule has 0 unspecified atom stereocenters. The second kappa shape index (κ2) is 13.7. The van der Waals surface area contributed by atoms with Crippen LogP contribution in [0.2, 0.25) is 0 Å². The van der Waals surface area contributed by atoms with Crippen molar-refractivity contribution in [2.24, 2.45) is 0 Å². The average Bonchev–Trinajstić information content (AvgIpc) is 3.64. The molecule has 9 aromatic carbocycles. The van der Waals surface area contributed by atoms with E-state index in [-0.39, 0.29) is 0 Å². The Labute approximate surface area is 319 Å². The topological polar surface area (TPSA) is 3.24 Å². The van der Waals surface area contributed by atoms with Crippen LogP contribution in [0, 0.1) is 0 Å². The number of hydrogen-bond acceptors (Lipinski definition) is 2. The van der Waals surface area contributed by atoms with Gasteiger partial charge in [0, 0.05) is 37.1 Å². The highest BCUT2D eigenvalue weighted by Gasteiger charge is 2.20. The molecule has 254 valence electrons. The van der Waals surface area contributed by atoms with Gasteiger partial charge in [-0.2, -0.15) is 0 Å². The maximum absolute atomic E-state index is 2.42. The summed E-state index contributed by atoms with van der Waals surface area (Å²) in [6.45, 7) is 0. The largest absolute Gasteiger partial charge is 0.310 e. The van der Waals surface area contributed by atoms with Crippen molar-refractivity contribution in [1.82, 2.24) is 0 Å². The van der Waals surface area contributed by atoms with Gasteiger partial charge in [-0.25, -0.2) is 0 Å². The number of benzene rings is 9. The molecule has 10 rings (SSSR count). The van der Waals surface area contributed by atoms with Crippen LogP contribution in [-0.2, 0) is 0 Å². The predicted molar refractivity (Wildman–Crippen MR) is 233 cm³/mol. The zero-order valence-corrected chi connectivity index (χ0v) is 30.4. The van der Waals surface area contributed by atoms with Crippen LogP contribution in [0.3, 0.4) is 0 Å². The Morgan fingerprint density at radius 2 is 0.889 bits per heavy atom. The van der Waals surface area contributed by atoms with E-state index in [2.05, 4.69) is 217 Å². The lowest BCUT2D eigenvalue weighted by atomic mass is 9.96. The Bertz CT molecular complexity index is 2940. The molecule has 0 radical (unpaired) electrons. The summed E-state index contributed by atoms with van der Waals surface area (Å²) in [4.78, 5) is 2.42. The number of hydrogen-bond donors (Lipinski definition) is 0. The summed E-state index contributed by atoms with van der Waals surface area (Å²) < 4.78 is 2.61. The molecule has 0 atom stereocenters. The Morgan fingerprint density at radius 3 is 1.74 bits per heavy atom. The third kappa shape index (κ3) is 5.84. The van der Waals surface area contributed by atoms with Gasteiger partial charge in [0.25, 0.3) is 0 Å². The number of thiophene rings is 1. The van der Waals surface area contributed by atoms with Crippen molar-refractivity contribution in [3.63, 3.8) is 0 Å². The number of anilines is 3. The summed E-state index contributed by atoms with van der Waals surface area (Å²) in [7, 11) is 0. The lowest BCUT2D eigenvalue weighted by molar-refractivity contribution is 1.28. The molecule has 0 N–H and O–H groups in total. The van der Waals surface area contributed by atoms with Crippen molar-refractivity contribution >= 4 is 59.3 Å². The second-order valence-corrected chi connectivity index (χ2v) is 14.8. The van der Waals surface area contributed by atoms with Crippen molar-refractivity contribution in [2.75, 3.05) is 4.90 Å². The van der Waals surface area contributed by atoms with Gasteiger partial charge in [-0.15, -0.1) is 11.3 Å². The molecule has 0 aliphatic heterocycles. The lowest BCUT2D eigenvalue weighted by Crippen LogP contribution is -2.11. The van der Waals surface area contributed by atoms with Crippen molar-refractivity contribution in [3.8, 4) is 44.5 Å². The first-order valence-electron chi connectivity index (χ1n) is 18.4.